The van der Waals surface area contributed by atoms with Gasteiger partial charge in [-0.3, -0.25) is 4.79 Å². The third-order valence-electron chi connectivity index (χ3n) is 3.00. The number of ether oxygens (including phenoxy) is 3. The molecule has 1 unspecified atom stereocenters. The van der Waals surface area contributed by atoms with E-state index in [1.54, 1.807) is 19.9 Å². The zero-order valence-corrected chi connectivity index (χ0v) is 10.2. The summed E-state index contributed by atoms with van der Waals surface area (Å²) in [6.45, 7) is 3.25. The maximum Gasteiger partial charge on any atom is 0.330 e. The predicted octanol–water partition coefficient (Wildman–Crippen LogP) is -0.0620. The smallest absolute Gasteiger partial charge is 0.330 e. The first-order chi connectivity index (χ1) is 8.47. The van der Waals surface area contributed by atoms with Crippen molar-refractivity contribution in [2.75, 3.05) is 0 Å². The number of aliphatic hydroxyl groups is 1. The summed E-state index contributed by atoms with van der Waals surface area (Å²) in [5.41, 5.74) is 0. The molecule has 0 radical (unpaired) electrons. The van der Waals surface area contributed by atoms with E-state index in [1.165, 1.54) is 6.08 Å². The highest BCUT2D eigenvalue weighted by atomic mass is 16.6. The number of cyclic esters (lactones) is 2. The summed E-state index contributed by atoms with van der Waals surface area (Å²) >= 11 is 0. The fourth-order valence-corrected chi connectivity index (χ4v) is 2.07. The lowest BCUT2D eigenvalue weighted by Gasteiger charge is -2.29. The molecule has 0 amide bonds. The Bertz CT molecular complexity index is 375. The van der Waals surface area contributed by atoms with Crippen molar-refractivity contribution >= 4 is 11.9 Å². The topological polar surface area (TPSA) is 82.1 Å². The van der Waals surface area contributed by atoms with Crippen molar-refractivity contribution in [2.45, 2.75) is 50.8 Å². The van der Waals surface area contributed by atoms with Crippen LogP contribution in [0.25, 0.3) is 0 Å². The van der Waals surface area contributed by atoms with Gasteiger partial charge in [-0.05, 0) is 19.9 Å². The Balaban J connectivity index is 2.02. The Hall–Kier alpha value is -1.40. The van der Waals surface area contributed by atoms with Crippen LogP contribution in [0.4, 0.5) is 0 Å². The standard InChI is InChI=1S/C12H16O6/c1-6(13)12-9(5-11(15)18-12)17-8-3-4-10(14)16-7(8)2/h3-4,6-9,12-13H,5H2,1-2H3/t6-,7-,8-,9+,12?/m0/s1. The summed E-state index contributed by atoms with van der Waals surface area (Å²) in [4.78, 5) is 22.2. The summed E-state index contributed by atoms with van der Waals surface area (Å²) in [6, 6.07) is 0. The lowest BCUT2D eigenvalue weighted by atomic mass is 10.1. The molecule has 0 spiro atoms. The molecule has 0 saturated carbocycles. The van der Waals surface area contributed by atoms with E-state index >= 15 is 0 Å². The van der Waals surface area contributed by atoms with E-state index in [9.17, 15) is 14.7 Å². The van der Waals surface area contributed by atoms with Crippen LogP contribution in [0.3, 0.4) is 0 Å². The van der Waals surface area contributed by atoms with Crippen molar-refractivity contribution < 1.29 is 28.9 Å². The van der Waals surface area contributed by atoms with Crippen molar-refractivity contribution in [3.63, 3.8) is 0 Å². The quantitative estimate of drug-likeness (QED) is 0.712. The van der Waals surface area contributed by atoms with Gasteiger partial charge in [0.2, 0.25) is 0 Å². The highest BCUT2D eigenvalue weighted by molar-refractivity contribution is 5.83. The molecule has 1 saturated heterocycles. The molecule has 2 heterocycles. The fraction of sp³-hybridized carbons (Fsp3) is 0.667. The zero-order valence-electron chi connectivity index (χ0n) is 10.2. The van der Waals surface area contributed by atoms with Gasteiger partial charge in [-0.15, -0.1) is 0 Å². The number of hydrogen-bond donors (Lipinski definition) is 1. The minimum atomic E-state index is -0.799. The van der Waals surface area contributed by atoms with Crippen LogP contribution in [0.2, 0.25) is 0 Å². The second-order valence-corrected chi connectivity index (χ2v) is 4.54. The van der Waals surface area contributed by atoms with Crippen molar-refractivity contribution in [1.29, 1.82) is 0 Å². The molecule has 6 heteroatoms. The second-order valence-electron chi connectivity index (χ2n) is 4.54. The number of carbonyl (C=O) groups excluding carboxylic acids is 2. The van der Waals surface area contributed by atoms with E-state index in [-0.39, 0.29) is 6.42 Å². The summed E-state index contributed by atoms with van der Waals surface area (Å²) in [7, 11) is 0. The molecule has 2 rings (SSSR count). The molecular weight excluding hydrogens is 240 g/mol. The van der Waals surface area contributed by atoms with Crippen molar-refractivity contribution in [1.82, 2.24) is 0 Å². The molecule has 2 aliphatic rings. The van der Waals surface area contributed by atoms with Gasteiger partial charge in [-0.1, -0.05) is 0 Å². The predicted molar refractivity (Wildman–Crippen MR) is 59.5 cm³/mol. The SMILES string of the molecule is C[C@H](O)C1OC(=O)C[C@H]1O[C@H]1C=CC(=O)O[C@H]1C. The van der Waals surface area contributed by atoms with E-state index in [2.05, 4.69) is 0 Å². The molecular formula is C12H16O6. The van der Waals surface area contributed by atoms with Gasteiger partial charge < -0.3 is 19.3 Å². The average Bonchev–Trinajstić information content (AvgIpc) is 2.64. The first kappa shape index (κ1) is 13.0. The third-order valence-corrected chi connectivity index (χ3v) is 3.00. The van der Waals surface area contributed by atoms with E-state index in [0.29, 0.717) is 0 Å². The Labute approximate surface area is 105 Å². The number of esters is 2. The van der Waals surface area contributed by atoms with Crippen molar-refractivity contribution in [3.05, 3.63) is 12.2 Å². The molecule has 2 aliphatic heterocycles. The Morgan fingerprint density at radius 2 is 2.17 bits per heavy atom. The van der Waals surface area contributed by atoms with Gasteiger partial charge >= 0.3 is 11.9 Å². The molecule has 0 aromatic heterocycles. The Morgan fingerprint density at radius 1 is 1.44 bits per heavy atom. The van der Waals surface area contributed by atoms with Crippen LogP contribution in [0.15, 0.2) is 12.2 Å². The summed E-state index contributed by atoms with van der Waals surface area (Å²) in [5.74, 6) is -0.802. The molecule has 6 nitrogen and oxygen atoms in total. The minimum absolute atomic E-state index is 0.0978. The van der Waals surface area contributed by atoms with E-state index in [0.717, 1.165) is 0 Å². The molecule has 100 valence electrons. The van der Waals surface area contributed by atoms with Gasteiger partial charge in [-0.25, -0.2) is 4.79 Å². The number of aliphatic hydroxyl groups excluding tert-OH is 1. The van der Waals surface area contributed by atoms with Crippen LogP contribution >= 0.6 is 0 Å². The van der Waals surface area contributed by atoms with Gasteiger partial charge in [0.05, 0.1) is 12.5 Å². The molecule has 0 aromatic rings. The molecule has 0 aromatic carbocycles. The average molecular weight is 256 g/mol. The highest BCUT2D eigenvalue weighted by Crippen LogP contribution is 2.25. The van der Waals surface area contributed by atoms with Gasteiger partial charge in [0.15, 0.2) is 6.10 Å². The van der Waals surface area contributed by atoms with Crippen molar-refractivity contribution in [3.8, 4) is 0 Å². The van der Waals surface area contributed by atoms with Crippen LogP contribution in [0.1, 0.15) is 20.3 Å². The molecule has 1 N–H and O–H groups in total. The van der Waals surface area contributed by atoms with Gasteiger partial charge in [-0.2, -0.15) is 0 Å². The number of rotatable bonds is 3. The molecule has 1 fully saturated rings. The second kappa shape index (κ2) is 5.07. The fourth-order valence-electron chi connectivity index (χ4n) is 2.07. The number of hydrogen-bond acceptors (Lipinski definition) is 6. The van der Waals surface area contributed by atoms with Gasteiger partial charge in [0.1, 0.15) is 18.3 Å². The Morgan fingerprint density at radius 3 is 2.78 bits per heavy atom. The van der Waals surface area contributed by atoms with Gasteiger partial charge in [0, 0.05) is 6.08 Å². The summed E-state index contributed by atoms with van der Waals surface area (Å²) in [5, 5.41) is 9.52. The normalized spacial score (nSPS) is 37.3. The summed E-state index contributed by atoms with van der Waals surface area (Å²) < 4.78 is 15.7. The van der Waals surface area contributed by atoms with Gasteiger partial charge in [0.25, 0.3) is 0 Å². The maximum absolute atomic E-state index is 11.2. The van der Waals surface area contributed by atoms with E-state index in [4.69, 9.17) is 14.2 Å². The monoisotopic (exact) mass is 256 g/mol. The van der Waals surface area contributed by atoms with Crippen LogP contribution in [-0.2, 0) is 23.8 Å². The summed E-state index contributed by atoms with van der Waals surface area (Å²) in [6.07, 6.45) is 0.142. The lowest BCUT2D eigenvalue weighted by molar-refractivity contribution is -0.158. The largest absolute Gasteiger partial charge is 0.457 e. The van der Waals surface area contributed by atoms with Crippen LogP contribution < -0.4 is 0 Å². The zero-order chi connectivity index (χ0) is 13.3. The maximum atomic E-state index is 11.2. The molecule has 18 heavy (non-hydrogen) atoms. The lowest BCUT2D eigenvalue weighted by Crippen LogP contribution is -2.41. The number of carbonyl (C=O) groups is 2. The van der Waals surface area contributed by atoms with Crippen LogP contribution in [-0.4, -0.2) is 47.6 Å². The molecule has 0 aliphatic carbocycles. The van der Waals surface area contributed by atoms with Crippen LogP contribution in [0, 0.1) is 0 Å². The Kier molecular flexibility index (Phi) is 3.68. The van der Waals surface area contributed by atoms with Crippen LogP contribution in [0.5, 0.6) is 0 Å². The van der Waals surface area contributed by atoms with Crippen molar-refractivity contribution in [2.24, 2.45) is 0 Å². The molecule has 0 bridgehead atoms. The first-order valence-corrected chi connectivity index (χ1v) is 5.89. The molecule has 5 atom stereocenters. The third kappa shape index (κ3) is 2.70. The highest BCUT2D eigenvalue weighted by Gasteiger charge is 2.41. The van der Waals surface area contributed by atoms with E-state index in [1.807, 2.05) is 0 Å². The first-order valence-electron chi connectivity index (χ1n) is 5.89. The minimum Gasteiger partial charge on any atom is -0.457 e. The van der Waals surface area contributed by atoms with E-state index < -0.39 is 42.5 Å².